The van der Waals surface area contributed by atoms with E-state index in [4.69, 9.17) is 4.74 Å². The van der Waals surface area contributed by atoms with Gasteiger partial charge in [0.1, 0.15) is 5.75 Å². The molecule has 1 aromatic heterocycles. The molecule has 4 rings (SSSR count). The minimum Gasteiger partial charge on any atom is -0.490 e. The largest absolute Gasteiger partial charge is 0.490 e. The number of ether oxygens (including phenoxy) is 1. The van der Waals surface area contributed by atoms with Crippen LogP contribution in [0.4, 0.5) is 0 Å². The molecule has 0 saturated heterocycles. The summed E-state index contributed by atoms with van der Waals surface area (Å²) in [6, 6.07) is 4.85. The Bertz CT molecular complexity index is 639. The molecule has 2 fully saturated rings. The van der Waals surface area contributed by atoms with Crippen molar-refractivity contribution < 1.29 is 4.74 Å². The highest BCUT2D eigenvalue weighted by Crippen LogP contribution is 2.31. The maximum Gasteiger partial charge on any atom is 0.123 e. The molecule has 0 aliphatic heterocycles. The Morgan fingerprint density at radius 2 is 2.00 bits per heavy atom. The van der Waals surface area contributed by atoms with Crippen molar-refractivity contribution >= 4 is 10.9 Å². The van der Waals surface area contributed by atoms with Crippen molar-refractivity contribution in [2.45, 2.75) is 57.6 Å². The van der Waals surface area contributed by atoms with Gasteiger partial charge in [-0.2, -0.15) is 5.10 Å². The summed E-state index contributed by atoms with van der Waals surface area (Å²) in [5.74, 6) is 1.99. The fourth-order valence-electron chi connectivity index (χ4n) is 3.49. The molecule has 1 heterocycles. The van der Waals surface area contributed by atoms with Crippen LogP contribution in [-0.2, 0) is 0 Å². The van der Waals surface area contributed by atoms with Crippen LogP contribution in [-0.4, -0.2) is 28.9 Å². The van der Waals surface area contributed by atoms with Gasteiger partial charge < -0.3 is 10.1 Å². The second-order valence-electron chi connectivity index (χ2n) is 6.96. The van der Waals surface area contributed by atoms with Crippen molar-refractivity contribution in [3.05, 3.63) is 23.9 Å². The second-order valence-corrected chi connectivity index (χ2v) is 6.96. The van der Waals surface area contributed by atoms with E-state index in [0.717, 1.165) is 35.4 Å². The lowest BCUT2D eigenvalue weighted by Crippen LogP contribution is -2.37. The monoisotopic (exact) mass is 299 g/mol. The molecule has 2 saturated carbocycles. The van der Waals surface area contributed by atoms with Crippen LogP contribution in [0.3, 0.4) is 0 Å². The number of aryl methyl sites for hydroxylation is 1. The van der Waals surface area contributed by atoms with Crippen LogP contribution in [0, 0.1) is 12.8 Å². The fourth-order valence-corrected chi connectivity index (χ4v) is 3.49. The van der Waals surface area contributed by atoms with Gasteiger partial charge in [-0.25, -0.2) is 0 Å². The third kappa shape index (κ3) is 2.98. The summed E-state index contributed by atoms with van der Waals surface area (Å²) in [5.41, 5.74) is 2.28. The van der Waals surface area contributed by atoms with Gasteiger partial charge in [-0.1, -0.05) is 0 Å². The van der Waals surface area contributed by atoms with Crippen LogP contribution >= 0.6 is 0 Å². The Morgan fingerprint density at radius 1 is 1.18 bits per heavy atom. The Kier molecular flexibility index (Phi) is 3.78. The van der Waals surface area contributed by atoms with Crippen LogP contribution in [0.15, 0.2) is 18.3 Å². The number of hydrogen-bond donors (Lipinski definition) is 2. The molecule has 22 heavy (non-hydrogen) atoms. The third-order valence-electron chi connectivity index (χ3n) is 5.20. The van der Waals surface area contributed by atoms with Gasteiger partial charge in [0, 0.05) is 17.0 Å². The number of fused-ring (bicyclic) bond motifs is 1. The first kappa shape index (κ1) is 14.1. The summed E-state index contributed by atoms with van der Waals surface area (Å²) in [7, 11) is 0. The van der Waals surface area contributed by atoms with Gasteiger partial charge in [0.05, 0.1) is 17.8 Å². The van der Waals surface area contributed by atoms with E-state index < -0.39 is 0 Å². The van der Waals surface area contributed by atoms with E-state index in [-0.39, 0.29) is 0 Å². The second kappa shape index (κ2) is 5.92. The van der Waals surface area contributed by atoms with Crippen LogP contribution in [0.2, 0.25) is 0 Å². The standard InChI is InChI=1S/C18H25N3O/c1-12-16-11-20-21-17(16)8-9-18(12)22-15-6-4-14(5-7-15)19-10-13-2-3-13/h8-9,11,13-15,19H,2-7,10H2,1H3,(H,20,21). The van der Waals surface area contributed by atoms with Crippen LogP contribution < -0.4 is 10.1 Å². The summed E-state index contributed by atoms with van der Waals surface area (Å²) >= 11 is 0. The van der Waals surface area contributed by atoms with Crippen LogP contribution in [0.1, 0.15) is 44.1 Å². The van der Waals surface area contributed by atoms with E-state index in [2.05, 4.69) is 34.6 Å². The summed E-state index contributed by atoms with van der Waals surface area (Å²) in [6.07, 6.45) is 9.91. The molecule has 2 aromatic rings. The van der Waals surface area contributed by atoms with E-state index in [9.17, 15) is 0 Å². The predicted molar refractivity (Wildman–Crippen MR) is 88.2 cm³/mol. The van der Waals surface area contributed by atoms with Crippen molar-refractivity contribution in [2.24, 2.45) is 5.92 Å². The quantitative estimate of drug-likeness (QED) is 0.887. The third-order valence-corrected chi connectivity index (χ3v) is 5.20. The number of aromatic nitrogens is 2. The predicted octanol–water partition coefficient (Wildman–Crippen LogP) is 3.56. The SMILES string of the molecule is Cc1c(OC2CCC(NCC3CC3)CC2)ccc2[nH]ncc12. The molecule has 0 spiro atoms. The van der Waals surface area contributed by atoms with Gasteiger partial charge in [-0.05, 0) is 70.0 Å². The molecule has 118 valence electrons. The van der Waals surface area contributed by atoms with Gasteiger partial charge in [0.2, 0.25) is 0 Å². The Balaban J connectivity index is 1.34. The number of hydrogen-bond acceptors (Lipinski definition) is 3. The number of nitrogens with one attached hydrogen (secondary N) is 2. The number of rotatable bonds is 5. The van der Waals surface area contributed by atoms with Crippen molar-refractivity contribution in [3.63, 3.8) is 0 Å². The Labute approximate surface area is 131 Å². The topological polar surface area (TPSA) is 49.9 Å². The molecule has 0 atom stereocenters. The summed E-state index contributed by atoms with van der Waals surface area (Å²) < 4.78 is 6.28. The first-order chi connectivity index (χ1) is 10.8. The van der Waals surface area contributed by atoms with E-state index >= 15 is 0 Å². The molecule has 4 nitrogen and oxygen atoms in total. The molecule has 0 unspecified atom stereocenters. The maximum atomic E-state index is 6.28. The number of H-pyrrole nitrogens is 1. The van der Waals surface area contributed by atoms with Crippen LogP contribution in [0.25, 0.3) is 10.9 Å². The van der Waals surface area contributed by atoms with E-state index in [0.29, 0.717) is 12.1 Å². The fraction of sp³-hybridized carbons (Fsp3) is 0.611. The molecule has 2 N–H and O–H groups in total. The zero-order valence-corrected chi connectivity index (χ0v) is 13.3. The highest BCUT2D eigenvalue weighted by Gasteiger charge is 2.26. The smallest absolute Gasteiger partial charge is 0.123 e. The first-order valence-corrected chi connectivity index (χ1v) is 8.62. The van der Waals surface area contributed by atoms with Crippen molar-refractivity contribution in [3.8, 4) is 5.75 Å². The molecule has 0 amide bonds. The van der Waals surface area contributed by atoms with Gasteiger partial charge in [-0.15, -0.1) is 0 Å². The average molecular weight is 299 g/mol. The van der Waals surface area contributed by atoms with Crippen LogP contribution in [0.5, 0.6) is 5.75 Å². The number of benzene rings is 1. The van der Waals surface area contributed by atoms with Gasteiger partial charge in [0.15, 0.2) is 0 Å². The van der Waals surface area contributed by atoms with E-state index in [1.807, 2.05) is 6.20 Å². The maximum absolute atomic E-state index is 6.28. The lowest BCUT2D eigenvalue weighted by atomic mass is 9.92. The lowest BCUT2D eigenvalue weighted by molar-refractivity contribution is 0.139. The van der Waals surface area contributed by atoms with Crippen molar-refractivity contribution in [1.82, 2.24) is 15.5 Å². The van der Waals surface area contributed by atoms with Crippen molar-refractivity contribution in [2.75, 3.05) is 6.54 Å². The zero-order valence-electron chi connectivity index (χ0n) is 13.3. The zero-order chi connectivity index (χ0) is 14.9. The minimum atomic E-state index is 0.363. The molecule has 2 aliphatic rings. The highest BCUT2D eigenvalue weighted by atomic mass is 16.5. The summed E-state index contributed by atoms with van der Waals surface area (Å²) in [4.78, 5) is 0. The lowest BCUT2D eigenvalue weighted by Gasteiger charge is -2.30. The van der Waals surface area contributed by atoms with Gasteiger partial charge in [0.25, 0.3) is 0 Å². The van der Waals surface area contributed by atoms with Crippen molar-refractivity contribution in [1.29, 1.82) is 0 Å². The molecule has 0 bridgehead atoms. The molecular formula is C18H25N3O. The number of aromatic amines is 1. The van der Waals surface area contributed by atoms with E-state index in [1.165, 1.54) is 37.8 Å². The summed E-state index contributed by atoms with van der Waals surface area (Å²) in [5, 5.41) is 12.0. The Hall–Kier alpha value is -1.55. The molecule has 4 heteroatoms. The summed E-state index contributed by atoms with van der Waals surface area (Å²) in [6.45, 7) is 3.35. The van der Waals surface area contributed by atoms with Gasteiger partial charge >= 0.3 is 0 Å². The average Bonchev–Trinajstić information content (AvgIpc) is 3.24. The first-order valence-electron chi connectivity index (χ1n) is 8.62. The normalized spacial score (nSPS) is 25.5. The molecule has 1 aromatic carbocycles. The molecule has 2 aliphatic carbocycles. The Morgan fingerprint density at radius 3 is 2.77 bits per heavy atom. The minimum absolute atomic E-state index is 0.363. The highest BCUT2D eigenvalue weighted by molar-refractivity contribution is 5.83. The molecular weight excluding hydrogens is 274 g/mol. The molecule has 0 radical (unpaired) electrons. The van der Waals surface area contributed by atoms with Gasteiger partial charge in [-0.3, -0.25) is 5.10 Å². The van der Waals surface area contributed by atoms with E-state index in [1.54, 1.807) is 0 Å². The number of nitrogens with zero attached hydrogens (tertiary/aromatic N) is 1.